The van der Waals surface area contributed by atoms with E-state index in [1.165, 1.54) is 16.3 Å². The highest BCUT2D eigenvalue weighted by Crippen LogP contribution is 2.35. The normalized spacial score (nSPS) is 21.0. The number of aromatic nitrogens is 3. The molecule has 26 heavy (non-hydrogen) atoms. The van der Waals surface area contributed by atoms with Crippen LogP contribution in [0.4, 0.5) is 5.95 Å². The van der Waals surface area contributed by atoms with Crippen LogP contribution in [-0.4, -0.2) is 31.5 Å². The largest absolute Gasteiger partial charge is 0.340 e. The van der Waals surface area contributed by atoms with Gasteiger partial charge in [-0.1, -0.05) is 27.6 Å². The zero-order valence-electron chi connectivity index (χ0n) is 13.2. The number of nitrogens with zero attached hydrogens (tertiary/aromatic N) is 6. The minimum Gasteiger partial charge on any atom is -0.340 e. The van der Waals surface area contributed by atoms with Crippen molar-refractivity contribution in [3.05, 3.63) is 24.9 Å². The lowest BCUT2D eigenvalue weighted by Gasteiger charge is -2.14. The Bertz CT molecular complexity index is 1060. The molecule has 3 heterocycles. The van der Waals surface area contributed by atoms with E-state index in [4.69, 9.17) is 16.4 Å². The topological polar surface area (TPSA) is 172 Å². The van der Waals surface area contributed by atoms with Gasteiger partial charge < -0.3 is 16.4 Å². The van der Waals surface area contributed by atoms with Crippen LogP contribution in [0.1, 0.15) is 13.2 Å². The van der Waals surface area contributed by atoms with Crippen LogP contribution in [0, 0.1) is 16.7 Å². The van der Waals surface area contributed by atoms with Crippen molar-refractivity contribution < 1.29 is 4.74 Å². The molecule has 3 rings (SSSR count). The monoisotopic (exact) mass is 396 g/mol. The highest BCUT2D eigenvalue weighted by atomic mass is 32.2. The summed E-state index contributed by atoms with van der Waals surface area (Å²) in [6, 6.07) is -0.869. The molecule has 1 fully saturated rings. The van der Waals surface area contributed by atoms with Gasteiger partial charge in [-0.15, -0.1) is 22.6 Å². The summed E-state index contributed by atoms with van der Waals surface area (Å²) in [5.74, 6) is 15.9. The molecule has 0 aromatic carbocycles. The van der Waals surface area contributed by atoms with Crippen LogP contribution < -0.4 is 22.1 Å². The molecule has 4 N–H and O–H groups in total. The van der Waals surface area contributed by atoms with Crippen LogP contribution in [0.2, 0.25) is 0 Å². The number of nitrogens with two attached hydrogens (primary N) is 2. The predicted octanol–water partition coefficient (Wildman–Crippen LogP) is 0.0373. The third-order valence-corrected chi connectivity index (χ3v) is 5.55. The average Bonchev–Trinajstić information content (AvgIpc) is 3.21. The van der Waals surface area contributed by atoms with Gasteiger partial charge in [0, 0.05) is 5.75 Å². The van der Waals surface area contributed by atoms with Crippen LogP contribution >= 0.6 is 23.1 Å². The number of nitroso groups, excluding NO2 is 1. The van der Waals surface area contributed by atoms with Crippen molar-refractivity contribution in [1.82, 2.24) is 14.2 Å². The van der Waals surface area contributed by atoms with Gasteiger partial charge in [0.1, 0.15) is 16.4 Å². The maximum absolute atomic E-state index is 12.4. The number of hydrogen-bond acceptors (Lipinski definition) is 11. The first-order valence-electron chi connectivity index (χ1n) is 7.07. The quantitative estimate of drug-likeness (QED) is 0.239. The number of thioether (sulfide) groups is 1. The average molecular weight is 396 g/mol. The van der Waals surface area contributed by atoms with Gasteiger partial charge in [0.15, 0.2) is 11.7 Å². The molecular formula is C12H12N8O4S2. The molecule has 1 saturated heterocycles. The zero-order chi connectivity index (χ0) is 18.8. The van der Waals surface area contributed by atoms with Gasteiger partial charge in [-0.25, -0.2) is 0 Å². The molecular weight excluding hydrogens is 384 g/mol. The van der Waals surface area contributed by atoms with Gasteiger partial charge in [0.25, 0.3) is 11.5 Å². The summed E-state index contributed by atoms with van der Waals surface area (Å²) in [7, 11) is 0. The van der Waals surface area contributed by atoms with E-state index in [1.54, 1.807) is 6.92 Å². The van der Waals surface area contributed by atoms with E-state index in [2.05, 4.69) is 32.3 Å². The lowest BCUT2D eigenvalue weighted by molar-refractivity contribution is 0.0169. The van der Waals surface area contributed by atoms with Gasteiger partial charge >= 0.3 is 4.87 Å². The summed E-state index contributed by atoms with van der Waals surface area (Å²) in [6.07, 6.45) is -0.752. The predicted molar refractivity (Wildman–Crippen MR) is 96.4 cm³/mol. The Morgan fingerprint density at radius 1 is 1.46 bits per heavy atom. The van der Waals surface area contributed by atoms with E-state index in [9.17, 15) is 14.5 Å². The molecule has 0 spiro atoms. The summed E-state index contributed by atoms with van der Waals surface area (Å²) < 4.78 is 7.65. The lowest BCUT2D eigenvalue weighted by Crippen LogP contribution is -2.29. The zero-order valence-corrected chi connectivity index (χ0v) is 14.9. The number of nitrogen functional groups attached to an aromatic ring is 1. The van der Waals surface area contributed by atoms with E-state index in [-0.39, 0.29) is 16.3 Å². The Morgan fingerprint density at radius 3 is 2.88 bits per heavy atom. The van der Waals surface area contributed by atoms with Crippen LogP contribution in [-0.2, 0) is 4.74 Å². The minimum absolute atomic E-state index is 0.0453. The summed E-state index contributed by atoms with van der Waals surface area (Å²) in [5.41, 5.74) is -1.24. The van der Waals surface area contributed by atoms with Crippen LogP contribution in [0.5, 0.6) is 0 Å². The van der Waals surface area contributed by atoms with Crippen molar-refractivity contribution in [2.45, 2.75) is 24.6 Å². The number of fused-ring (bicyclic) bond motifs is 1. The Balaban J connectivity index is 2.07. The molecule has 0 amide bonds. The van der Waals surface area contributed by atoms with Crippen molar-refractivity contribution in [1.29, 1.82) is 0 Å². The maximum atomic E-state index is 12.4. The van der Waals surface area contributed by atoms with E-state index >= 15 is 0 Å². The Hall–Kier alpha value is -2.76. The van der Waals surface area contributed by atoms with Crippen LogP contribution in [0.25, 0.3) is 10.3 Å². The second-order valence-electron chi connectivity index (χ2n) is 4.93. The third-order valence-electron chi connectivity index (χ3n) is 3.44. The number of ether oxygens (including phenoxy) is 1. The Kier molecular flexibility index (Phi) is 5.02. The SMILES string of the molecule is CC#CC(N=O)C1OC(n2c(=O)sc3c(=O)n(N)c(N=NN)nc32)CS1. The summed E-state index contributed by atoms with van der Waals surface area (Å²) in [4.78, 5) is 39.3. The fourth-order valence-corrected chi connectivity index (χ4v) is 4.34. The molecule has 12 nitrogen and oxygen atoms in total. The maximum Gasteiger partial charge on any atom is 0.311 e. The highest BCUT2D eigenvalue weighted by Gasteiger charge is 2.35. The summed E-state index contributed by atoms with van der Waals surface area (Å²) >= 11 is 1.97. The van der Waals surface area contributed by atoms with Crippen molar-refractivity contribution in [3.8, 4) is 11.8 Å². The first-order valence-corrected chi connectivity index (χ1v) is 8.94. The molecule has 0 radical (unpaired) electrons. The molecule has 2 aromatic rings. The van der Waals surface area contributed by atoms with E-state index < -0.39 is 28.1 Å². The molecule has 3 unspecified atom stereocenters. The van der Waals surface area contributed by atoms with Crippen LogP contribution in [0.3, 0.4) is 0 Å². The molecule has 0 aliphatic carbocycles. The Labute approximate surface area is 153 Å². The minimum atomic E-state index is -0.869. The van der Waals surface area contributed by atoms with E-state index in [1.807, 2.05) is 0 Å². The fraction of sp³-hybridized carbons (Fsp3) is 0.417. The Morgan fingerprint density at radius 2 is 2.23 bits per heavy atom. The van der Waals surface area contributed by atoms with Crippen molar-refractivity contribution in [2.24, 2.45) is 21.4 Å². The first-order chi connectivity index (χ1) is 12.5. The van der Waals surface area contributed by atoms with Gasteiger partial charge in [0.05, 0.1) is 0 Å². The molecule has 0 bridgehead atoms. The van der Waals surface area contributed by atoms with E-state index in [0.717, 1.165) is 0 Å². The van der Waals surface area contributed by atoms with Crippen molar-refractivity contribution in [3.63, 3.8) is 0 Å². The van der Waals surface area contributed by atoms with E-state index in [0.29, 0.717) is 21.8 Å². The molecule has 0 saturated carbocycles. The van der Waals surface area contributed by atoms with Gasteiger partial charge in [-0.2, -0.15) is 9.66 Å². The number of hydrogen-bond donors (Lipinski definition) is 2. The molecule has 3 atom stereocenters. The van der Waals surface area contributed by atoms with Gasteiger partial charge in [0.2, 0.25) is 0 Å². The smallest absolute Gasteiger partial charge is 0.311 e. The number of rotatable bonds is 4. The third kappa shape index (κ3) is 2.96. The molecule has 14 heteroatoms. The summed E-state index contributed by atoms with van der Waals surface area (Å²) in [6.45, 7) is 1.58. The first kappa shape index (κ1) is 18.0. The number of thiazole rings is 1. The molecule has 136 valence electrons. The van der Waals surface area contributed by atoms with Crippen LogP contribution in [0.15, 0.2) is 25.1 Å². The highest BCUT2D eigenvalue weighted by molar-refractivity contribution is 8.00. The molecule has 1 aliphatic heterocycles. The lowest BCUT2D eigenvalue weighted by atomic mass is 10.3. The molecule has 1 aliphatic rings. The van der Waals surface area contributed by atoms with Crippen molar-refractivity contribution >= 4 is 39.4 Å². The fourth-order valence-electron chi connectivity index (χ4n) is 2.35. The second kappa shape index (κ2) is 7.23. The van der Waals surface area contributed by atoms with Gasteiger partial charge in [-0.05, 0) is 12.1 Å². The van der Waals surface area contributed by atoms with Gasteiger partial charge in [-0.3, -0.25) is 14.2 Å². The molecule has 2 aromatic heterocycles. The summed E-state index contributed by atoms with van der Waals surface area (Å²) in [5, 5.41) is 9.47. The standard InChI is InChI=1S/C12H12N8O4S2/c1-2-3-5(17-23)10-24-6(4-25-10)19-8-7(26-12(19)22)9(21)20(14)11(15-8)16-18-13/h5-6,10H,4,14H2,1H3,(H2,13,15,16). The van der Waals surface area contributed by atoms with Crippen molar-refractivity contribution in [2.75, 3.05) is 11.6 Å². The second-order valence-corrected chi connectivity index (χ2v) is 7.02.